The molecule has 4 nitrogen and oxygen atoms in total. The molecule has 2 atom stereocenters. The van der Waals surface area contributed by atoms with E-state index in [-0.39, 0.29) is 11.9 Å². The van der Waals surface area contributed by atoms with Crippen molar-refractivity contribution in [2.24, 2.45) is 0 Å². The average molecular weight is 199 g/mol. The zero-order chi connectivity index (χ0) is 10.4. The minimum absolute atomic E-state index is 0.0401. The summed E-state index contributed by atoms with van der Waals surface area (Å²) in [5.74, 6) is 0.0401. The summed E-state index contributed by atoms with van der Waals surface area (Å²) in [7, 11) is 0. The van der Waals surface area contributed by atoms with Crippen LogP contribution in [0.1, 0.15) is 26.7 Å². The maximum Gasteiger partial charge on any atom is 0.217 e. The van der Waals surface area contributed by atoms with E-state index in [1.54, 1.807) is 6.92 Å². The lowest BCUT2D eigenvalue weighted by atomic mass is 10.2. The van der Waals surface area contributed by atoms with Crippen molar-refractivity contribution < 1.29 is 4.79 Å². The highest BCUT2D eigenvalue weighted by Crippen LogP contribution is 2.02. The molecule has 0 aromatic rings. The van der Waals surface area contributed by atoms with Gasteiger partial charge < -0.3 is 16.0 Å². The minimum atomic E-state index is 0.0401. The lowest BCUT2D eigenvalue weighted by Gasteiger charge is -2.16. The molecule has 1 fully saturated rings. The van der Waals surface area contributed by atoms with E-state index in [1.807, 2.05) is 6.92 Å². The van der Waals surface area contributed by atoms with Gasteiger partial charge in [-0.3, -0.25) is 4.79 Å². The summed E-state index contributed by atoms with van der Waals surface area (Å²) in [5, 5.41) is 9.62. The van der Waals surface area contributed by atoms with Gasteiger partial charge in [-0.2, -0.15) is 0 Å². The number of rotatable bonds is 5. The molecule has 0 spiro atoms. The topological polar surface area (TPSA) is 53.2 Å². The molecule has 1 aliphatic heterocycles. The first-order valence-electron chi connectivity index (χ1n) is 5.39. The number of amides is 1. The van der Waals surface area contributed by atoms with E-state index in [4.69, 9.17) is 0 Å². The zero-order valence-corrected chi connectivity index (χ0v) is 9.10. The Bertz CT molecular complexity index is 178. The molecule has 3 N–H and O–H groups in total. The van der Waals surface area contributed by atoms with E-state index in [0.29, 0.717) is 6.04 Å². The Morgan fingerprint density at radius 1 is 1.64 bits per heavy atom. The van der Waals surface area contributed by atoms with Gasteiger partial charge in [0, 0.05) is 32.1 Å². The number of carbonyl (C=O) groups is 1. The van der Waals surface area contributed by atoms with Gasteiger partial charge in [0.15, 0.2) is 0 Å². The molecule has 0 aromatic heterocycles. The van der Waals surface area contributed by atoms with E-state index >= 15 is 0 Å². The van der Waals surface area contributed by atoms with Crippen LogP contribution < -0.4 is 16.0 Å². The van der Waals surface area contributed by atoms with Crippen LogP contribution in [0.15, 0.2) is 0 Å². The van der Waals surface area contributed by atoms with Gasteiger partial charge in [0.2, 0.25) is 5.91 Å². The molecule has 0 saturated carbocycles. The Balaban J connectivity index is 1.99. The van der Waals surface area contributed by atoms with Crippen molar-refractivity contribution in [2.45, 2.75) is 38.8 Å². The summed E-state index contributed by atoms with van der Waals surface area (Å²) in [4.78, 5) is 10.7. The second-order valence-electron chi connectivity index (χ2n) is 4.05. The fourth-order valence-corrected chi connectivity index (χ4v) is 1.80. The van der Waals surface area contributed by atoms with Crippen LogP contribution in [0.3, 0.4) is 0 Å². The van der Waals surface area contributed by atoms with Gasteiger partial charge in [-0.25, -0.2) is 0 Å². The van der Waals surface area contributed by atoms with Gasteiger partial charge in [-0.15, -0.1) is 0 Å². The van der Waals surface area contributed by atoms with Gasteiger partial charge in [0.1, 0.15) is 0 Å². The van der Waals surface area contributed by atoms with E-state index in [9.17, 15) is 4.79 Å². The third kappa shape index (κ3) is 4.58. The molecule has 0 aromatic carbocycles. The summed E-state index contributed by atoms with van der Waals surface area (Å²) in [6.45, 7) is 6.56. The second-order valence-corrected chi connectivity index (χ2v) is 4.05. The molecular formula is C10H21N3O. The fourth-order valence-electron chi connectivity index (χ4n) is 1.80. The van der Waals surface area contributed by atoms with Gasteiger partial charge >= 0.3 is 0 Å². The van der Waals surface area contributed by atoms with E-state index < -0.39 is 0 Å². The molecule has 1 rings (SSSR count). The average Bonchev–Trinajstić information content (AvgIpc) is 2.55. The van der Waals surface area contributed by atoms with Crippen molar-refractivity contribution in [3.8, 4) is 0 Å². The van der Waals surface area contributed by atoms with Crippen LogP contribution in [-0.4, -0.2) is 37.6 Å². The van der Waals surface area contributed by atoms with Crippen LogP contribution in [0.25, 0.3) is 0 Å². The Morgan fingerprint density at radius 3 is 3.00 bits per heavy atom. The highest BCUT2D eigenvalue weighted by Gasteiger charge is 2.13. The van der Waals surface area contributed by atoms with Crippen molar-refractivity contribution in [1.29, 1.82) is 0 Å². The molecule has 1 saturated heterocycles. The third-order valence-electron chi connectivity index (χ3n) is 2.45. The van der Waals surface area contributed by atoms with Crippen LogP contribution >= 0.6 is 0 Å². The van der Waals surface area contributed by atoms with Crippen molar-refractivity contribution in [3.63, 3.8) is 0 Å². The van der Waals surface area contributed by atoms with Gasteiger partial charge in [0.05, 0.1) is 0 Å². The molecule has 14 heavy (non-hydrogen) atoms. The summed E-state index contributed by atoms with van der Waals surface area (Å²) >= 11 is 0. The Hall–Kier alpha value is -0.610. The monoisotopic (exact) mass is 199 g/mol. The molecule has 4 heteroatoms. The fraction of sp³-hybridized carbons (Fsp3) is 0.900. The maximum atomic E-state index is 10.7. The predicted molar refractivity (Wildman–Crippen MR) is 57.2 cm³/mol. The largest absolute Gasteiger partial charge is 0.353 e. The third-order valence-corrected chi connectivity index (χ3v) is 2.45. The summed E-state index contributed by atoms with van der Waals surface area (Å²) in [6, 6.07) is 0.841. The molecule has 1 heterocycles. The van der Waals surface area contributed by atoms with Gasteiger partial charge in [-0.05, 0) is 26.3 Å². The SMILES string of the molecule is CC(=O)N[C@H](C)CNC[C@@H]1CCCN1. The van der Waals surface area contributed by atoms with Crippen molar-refractivity contribution >= 4 is 5.91 Å². The first kappa shape index (κ1) is 11.5. The number of hydrogen-bond acceptors (Lipinski definition) is 3. The van der Waals surface area contributed by atoms with Crippen molar-refractivity contribution in [1.82, 2.24) is 16.0 Å². The standard InChI is InChI=1S/C10H21N3O/c1-8(13-9(2)14)6-11-7-10-4-3-5-12-10/h8,10-12H,3-7H2,1-2H3,(H,13,14)/t8-,10+/m1/s1. The normalized spacial score (nSPS) is 23.4. The smallest absolute Gasteiger partial charge is 0.217 e. The quantitative estimate of drug-likeness (QED) is 0.577. The molecule has 0 bridgehead atoms. The van der Waals surface area contributed by atoms with E-state index in [1.165, 1.54) is 12.8 Å². The first-order chi connectivity index (χ1) is 6.68. The van der Waals surface area contributed by atoms with Crippen LogP contribution in [0.2, 0.25) is 0 Å². The van der Waals surface area contributed by atoms with E-state index in [2.05, 4.69) is 16.0 Å². The molecule has 0 unspecified atom stereocenters. The molecule has 0 radical (unpaired) electrons. The Labute approximate surface area is 85.8 Å². The number of carbonyl (C=O) groups excluding carboxylic acids is 1. The van der Waals surface area contributed by atoms with Crippen LogP contribution in [0.5, 0.6) is 0 Å². The second kappa shape index (κ2) is 5.98. The summed E-state index contributed by atoms with van der Waals surface area (Å²) in [6.07, 6.45) is 2.55. The number of nitrogens with one attached hydrogen (secondary N) is 3. The Morgan fingerprint density at radius 2 is 2.43 bits per heavy atom. The molecular weight excluding hydrogens is 178 g/mol. The predicted octanol–water partition coefficient (Wildman–Crippen LogP) is -0.147. The van der Waals surface area contributed by atoms with Gasteiger partial charge in [-0.1, -0.05) is 0 Å². The minimum Gasteiger partial charge on any atom is -0.353 e. The summed E-state index contributed by atoms with van der Waals surface area (Å²) < 4.78 is 0. The maximum absolute atomic E-state index is 10.7. The molecule has 1 amide bonds. The van der Waals surface area contributed by atoms with E-state index in [0.717, 1.165) is 19.6 Å². The number of hydrogen-bond donors (Lipinski definition) is 3. The lowest BCUT2D eigenvalue weighted by molar-refractivity contribution is -0.119. The van der Waals surface area contributed by atoms with Gasteiger partial charge in [0.25, 0.3) is 0 Å². The first-order valence-corrected chi connectivity index (χ1v) is 5.39. The zero-order valence-electron chi connectivity index (χ0n) is 9.10. The molecule has 1 aliphatic rings. The van der Waals surface area contributed by atoms with Crippen molar-refractivity contribution in [2.75, 3.05) is 19.6 Å². The van der Waals surface area contributed by atoms with Crippen molar-refractivity contribution in [3.05, 3.63) is 0 Å². The Kier molecular flexibility index (Phi) is 4.90. The highest BCUT2D eigenvalue weighted by molar-refractivity contribution is 5.73. The van der Waals surface area contributed by atoms with Crippen LogP contribution in [0.4, 0.5) is 0 Å². The summed E-state index contributed by atoms with van der Waals surface area (Å²) in [5.41, 5.74) is 0. The van der Waals surface area contributed by atoms with Crippen LogP contribution in [0, 0.1) is 0 Å². The van der Waals surface area contributed by atoms with Crippen LogP contribution in [-0.2, 0) is 4.79 Å². The lowest BCUT2D eigenvalue weighted by Crippen LogP contribution is -2.42. The highest BCUT2D eigenvalue weighted by atomic mass is 16.1. The molecule has 82 valence electrons. The molecule has 0 aliphatic carbocycles.